The second-order valence-electron chi connectivity index (χ2n) is 10.1. The topological polar surface area (TPSA) is 76.5 Å². The summed E-state index contributed by atoms with van der Waals surface area (Å²) >= 11 is 0. The molecule has 2 aliphatic rings. The highest BCUT2D eigenvalue weighted by atomic mass is 19.4. The molecule has 2 amide bonds. The molecule has 0 radical (unpaired) electrons. The normalized spacial score (nSPS) is 20.1. The molecule has 2 fully saturated rings. The molecular weight excluding hydrogens is 528 g/mol. The van der Waals surface area contributed by atoms with Gasteiger partial charge in [0, 0.05) is 17.5 Å². The van der Waals surface area contributed by atoms with Crippen LogP contribution in [0.3, 0.4) is 0 Å². The lowest BCUT2D eigenvalue weighted by molar-refractivity contribution is -0.192. The molecule has 0 spiro atoms. The minimum atomic E-state index is -4.67. The molecule has 6 rings (SSSR count). The standard InChI is InChI=1S/C29H24F4N4O3/c1-40-22-4-2-3-17(14-22)26-23(35-27(39)28(11-12-28)29(31,32)33)15-25(38)36(26)21-9-10-24-18(13-21)16-34-37(24)20-7-5-19(30)6-8-20/h2-10,13-14,16,23,26H,11-12,15H2,1H3,(H,35,39)/t23-,26+/m0/s1. The van der Waals surface area contributed by atoms with Crippen LogP contribution in [-0.4, -0.2) is 40.9 Å². The van der Waals surface area contributed by atoms with Gasteiger partial charge in [-0.3, -0.25) is 9.59 Å². The summed E-state index contributed by atoms with van der Waals surface area (Å²) in [5.74, 6) is -1.32. The molecule has 2 atom stereocenters. The van der Waals surface area contributed by atoms with Gasteiger partial charge in [0.1, 0.15) is 17.0 Å². The van der Waals surface area contributed by atoms with Crippen LogP contribution in [0.4, 0.5) is 23.2 Å². The fourth-order valence-electron chi connectivity index (χ4n) is 5.40. The van der Waals surface area contributed by atoms with Crippen LogP contribution in [-0.2, 0) is 9.59 Å². The van der Waals surface area contributed by atoms with Crippen LogP contribution < -0.4 is 15.0 Å². The lowest BCUT2D eigenvalue weighted by Gasteiger charge is -2.30. The number of hydrogen-bond donors (Lipinski definition) is 1. The molecule has 1 aliphatic carbocycles. The first-order chi connectivity index (χ1) is 19.1. The maximum absolute atomic E-state index is 13.7. The highest BCUT2D eigenvalue weighted by Gasteiger charge is 2.69. The van der Waals surface area contributed by atoms with Crippen LogP contribution in [0, 0.1) is 11.2 Å². The molecule has 11 heteroatoms. The number of methoxy groups -OCH3 is 1. The largest absolute Gasteiger partial charge is 0.497 e. The summed E-state index contributed by atoms with van der Waals surface area (Å²) in [6.45, 7) is 0. The van der Waals surface area contributed by atoms with Crippen molar-refractivity contribution in [3.05, 3.63) is 84.3 Å². The Hall–Kier alpha value is -4.41. The first-order valence-corrected chi connectivity index (χ1v) is 12.7. The van der Waals surface area contributed by atoms with E-state index in [-0.39, 0.29) is 31.0 Å². The van der Waals surface area contributed by atoms with Gasteiger partial charge in [0.15, 0.2) is 0 Å². The molecule has 0 unspecified atom stereocenters. The van der Waals surface area contributed by atoms with Crippen LogP contribution in [0.5, 0.6) is 5.75 Å². The quantitative estimate of drug-likeness (QED) is 0.322. The second-order valence-corrected chi connectivity index (χ2v) is 10.1. The first-order valence-electron chi connectivity index (χ1n) is 12.7. The monoisotopic (exact) mass is 552 g/mol. The van der Waals surface area contributed by atoms with Gasteiger partial charge in [-0.1, -0.05) is 12.1 Å². The zero-order chi connectivity index (χ0) is 28.2. The van der Waals surface area contributed by atoms with Gasteiger partial charge < -0.3 is 15.0 Å². The van der Waals surface area contributed by atoms with E-state index in [0.29, 0.717) is 33.6 Å². The van der Waals surface area contributed by atoms with Crippen molar-refractivity contribution in [1.82, 2.24) is 15.1 Å². The molecule has 1 saturated carbocycles. The number of anilines is 1. The van der Waals surface area contributed by atoms with Crippen molar-refractivity contribution in [2.45, 2.75) is 37.5 Å². The molecule has 206 valence electrons. The van der Waals surface area contributed by atoms with Gasteiger partial charge in [-0.15, -0.1) is 0 Å². The minimum Gasteiger partial charge on any atom is -0.497 e. The van der Waals surface area contributed by atoms with Crippen molar-refractivity contribution in [2.75, 3.05) is 12.0 Å². The Balaban J connectivity index is 1.38. The number of fused-ring (bicyclic) bond motifs is 1. The highest BCUT2D eigenvalue weighted by Crippen LogP contribution is 2.58. The van der Waals surface area contributed by atoms with Crippen molar-refractivity contribution in [2.24, 2.45) is 5.41 Å². The number of alkyl halides is 3. The lowest BCUT2D eigenvalue weighted by atomic mass is 9.97. The van der Waals surface area contributed by atoms with Crippen LogP contribution in [0.15, 0.2) is 72.9 Å². The maximum Gasteiger partial charge on any atom is 0.403 e. The smallest absolute Gasteiger partial charge is 0.403 e. The summed E-state index contributed by atoms with van der Waals surface area (Å²) in [6, 6.07) is 16.3. The molecule has 1 saturated heterocycles. The number of rotatable bonds is 6. The third-order valence-electron chi connectivity index (χ3n) is 7.70. The molecule has 1 aromatic heterocycles. The SMILES string of the molecule is COc1cccc([C@@H]2[C@@H](NC(=O)C3(C(F)(F)F)CC3)CC(=O)N2c2ccc3c(cnn3-c3ccc(F)cc3)c2)c1. The Morgan fingerprint density at radius 1 is 1.05 bits per heavy atom. The molecule has 1 N–H and O–H groups in total. The summed E-state index contributed by atoms with van der Waals surface area (Å²) in [4.78, 5) is 27.8. The highest BCUT2D eigenvalue weighted by molar-refractivity contribution is 6.00. The molecule has 40 heavy (non-hydrogen) atoms. The van der Waals surface area contributed by atoms with E-state index < -0.39 is 29.6 Å². The van der Waals surface area contributed by atoms with Crippen molar-refractivity contribution < 1.29 is 31.9 Å². The van der Waals surface area contributed by atoms with Crippen molar-refractivity contribution in [3.8, 4) is 11.4 Å². The van der Waals surface area contributed by atoms with Crippen molar-refractivity contribution in [3.63, 3.8) is 0 Å². The molecule has 2 heterocycles. The molecule has 3 aromatic carbocycles. The third kappa shape index (κ3) is 4.25. The van der Waals surface area contributed by atoms with E-state index in [4.69, 9.17) is 4.74 Å². The number of nitrogens with one attached hydrogen (secondary N) is 1. The van der Waals surface area contributed by atoms with Gasteiger partial charge in [-0.2, -0.15) is 18.3 Å². The molecule has 7 nitrogen and oxygen atoms in total. The van der Waals surface area contributed by atoms with E-state index in [2.05, 4.69) is 10.4 Å². The zero-order valence-electron chi connectivity index (χ0n) is 21.3. The van der Waals surface area contributed by atoms with Crippen LogP contribution >= 0.6 is 0 Å². The van der Waals surface area contributed by atoms with Crippen LogP contribution in [0.25, 0.3) is 16.6 Å². The fourth-order valence-corrected chi connectivity index (χ4v) is 5.40. The summed E-state index contributed by atoms with van der Waals surface area (Å²) in [6.07, 6.45) is -3.77. The number of amides is 2. The number of nitrogens with zero attached hydrogens (tertiary/aromatic N) is 3. The Labute approximate surface area is 226 Å². The van der Waals surface area contributed by atoms with Gasteiger partial charge in [0.05, 0.1) is 36.6 Å². The summed E-state index contributed by atoms with van der Waals surface area (Å²) < 4.78 is 61.4. The minimum absolute atomic E-state index is 0.172. The third-order valence-corrected chi connectivity index (χ3v) is 7.70. The number of halogens is 4. The van der Waals surface area contributed by atoms with Crippen molar-refractivity contribution >= 4 is 28.4 Å². The number of aromatic nitrogens is 2. The van der Waals surface area contributed by atoms with E-state index in [1.54, 1.807) is 65.5 Å². The Morgan fingerprint density at radius 2 is 1.77 bits per heavy atom. The first kappa shape index (κ1) is 25.8. The molecule has 0 bridgehead atoms. The number of hydrogen-bond acceptors (Lipinski definition) is 4. The molecule has 4 aromatic rings. The van der Waals surface area contributed by atoms with E-state index >= 15 is 0 Å². The van der Waals surface area contributed by atoms with E-state index in [0.717, 1.165) is 0 Å². The van der Waals surface area contributed by atoms with Crippen LogP contribution in [0.1, 0.15) is 30.9 Å². The Bertz CT molecular complexity index is 1610. The molecule has 1 aliphatic heterocycles. The van der Waals surface area contributed by atoms with Gasteiger partial charge in [0.25, 0.3) is 0 Å². The Morgan fingerprint density at radius 3 is 2.45 bits per heavy atom. The van der Waals surface area contributed by atoms with E-state index in [1.165, 1.54) is 24.1 Å². The van der Waals surface area contributed by atoms with Gasteiger partial charge in [-0.05, 0) is 73.0 Å². The fraction of sp³-hybridized carbons (Fsp3) is 0.276. The van der Waals surface area contributed by atoms with Gasteiger partial charge in [0.2, 0.25) is 11.8 Å². The van der Waals surface area contributed by atoms with E-state index in [9.17, 15) is 27.2 Å². The summed E-state index contributed by atoms with van der Waals surface area (Å²) in [5, 5.41) is 7.66. The average Bonchev–Trinajstić information content (AvgIpc) is 3.57. The Kier molecular flexibility index (Phi) is 6.04. The number of ether oxygens (including phenoxy) is 1. The van der Waals surface area contributed by atoms with Gasteiger partial charge >= 0.3 is 6.18 Å². The summed E-state index contributed by atoms with van der Waals surface area (Å²) in [7, 11) is 1.49. The number of carbonyl (C=O) groups is 2. The summed E-state index contributed by atoms with van der Waals surface area (Å²) in [5.41, 5.74) is 0.0610. The van der Waals surface area contributed by atoms with Gasteiger partial charge in [-0.25, -0.2) is 9.07 Å². The maximum atomic E-state index is 13.7. The zero-order valence-corrected chi connectivity index (χ0v) is 21.3. The average molecular weight is 553 g/mol. The van der Waals surface area contributed by atoms with Crippen molar-refractivity contribution in [1.29, 1.82) is 0 Å². The molecular formula is C29H24F4N4O3. The van der Waals surface area contributed by atoms with Crippen LogP contribution in [0.2, 0.25) is 0 Å². The lowest BCUT2D eigenvalue weighted by Crippen LogP contribution is -2.47. The number of carbonyl (C=O) groups excluding carboxylic acids is 2. The van der Waals surface area contributed by atoms with E-state index in [1.807, 2.05) is 0 Å². The number of benzene rings is 3. The second kappa shape index (κ2) is 9.35. The predicted octanol–water partition coefficient (Wildman–Crippen LogP) is 5.48. The predicted molar refractivity (Wildman–Crippen MR) is 139 cm³/mol.